The minimum atomic E-state index is -1.10. The fraction of sp³-hybridized carbons (Fsp3) is 0.333. The van der Waals surface area contributed by atoms with Gasteiger partial charge in [0.2, 0.25) is 0 Å². The average molecular weight is 306 g/mol. The van der Waals surface area contributed by atoms with E-state index in [-0.39, 0.29) is 10.6 Å². The number of hydrogen-bond donors (Lipinski definition) is 2. The van der Waals surface area contributed by atoms with Gasteiger partial charge in [0.05, 0.1) is 5.02 Å². The van der Waals surface area contributed by atoms with Gasteiger partial charge in [-0.2, -0.15) is 11.8 Å². The van der Waals surface area contributed by atoms with Crippen LogP contribution in [0.3, 0.4) is 0 Å². The van der Waals surface area contributed by atoms with Crippen molar-refractivity contribution in [3.05, 3.63) is 34.6 Å². The molecule has 2 N–H and O–H groups in total. The second-order valence-electron chi connectivity index (χ2n) is 3.77. The van der Waals surface area contributed by atoms with Gasteiger partial charge >= 0.3 is 5.97 Å². The number of nitrogens with one attached hydrogen (secondary N) is 1. The molecule has 0 aromatic heterocycles. The van der Waals surface area contributed by atoms with Gasteiger partial charge in [-0.05, 0) is 36.6 Å². The zero-order valence-corrected chi connectivity index (χ0v) is 11.7. The first-order valence-electron chi connectivity index (χ1n) is 5.43. The van der Waals surface area contributed by atoms with E-state index in [9.17, 15) is 14.0 Å². The molecule has 0 unspecified atom stereocenters. The minimum absolute atomic E-state index is 0.127. The van der Waals surface area contributed by atoms with Gasteiger partial charge in [-0.25, -0.2) is 9.18 Å². The molecule has 0 aliphatic heterocycles. The van der Waals surface area contributed by atoms with E-state index in [1.54, 1.807) is 0 Å². The molecule has 0 radical (unpaired) electrons. The van der Waals surface area contributed by atoms with Gasteiger partial charge in [0.1, 0.15) is 11.9 Å². The second-order valence-corrected chi connectivity index (χ2v) is 5.17. The third kappa shape index (κ3) is 4.72. The molecular weight excluding hydrogens is 293 g/mol. The summed E-state index contributed by atoms with van der Waals surface area (Å²) in [5.41, 5.74) is 0.127. The monoisotopic (exact) mass is 305 g/mol. The van der Waals surface area contributed by atoms with Crippen LogP contribution in [0.5, 0.6) is 0 Å². The van der Waals surface area contributed by atoms with Crippen LogP contribution >= 0.6 is 23.4 Å². The first-order chi connectivity index (χ1) is 8.95. The summed E-state index contributed by atoms with van der Waals surface area (Å²) in [6.45, 7) is 0. The Labute approximate surface area is 119 Å². The highest BCUT2D eigenvalue weighted by Gasteiger charge is 2.20. The quantitative estimate of drug-likeness (QED) is 0.847. The van der Waals surface area contributed by atoms with Crippen molar-refractivity contribution in [2.24, 2.45) is 0 Å². The van der Waals surface area contributed by atoms with Crippen LogP contribution in [0.25, 0.3) is 0 Å². The summed E-state index contributed by atoms with van der Waals surface area (Å²) in [6, 6.07) is 2.52. The second kappa shape index (κ2) is 7.35. The van der Waals surface area contributed by atoms with Crippen LogP contribution in [0.15, 0.2) is 18.2 Å². The minimum Gasteiger partial charge on any atom is -0.480 e. The van der Waals surface area contributed by atoms with Gasteiger partial charge in [-0.1, -0.05) is 11.6 Å². The number of hydrogen-bond acceptors (Lipinski definition) is 3. The number of carbonyl (C=O) groups is 2. The number of benzene rings is 1. The lowest BCUT2D eigenvalue weighted by Crippen LogP contribution is -2.41. The van der Waals surface area contributed by atoms with Crippen LogP contribution in [0.2, 0.25) is 5.02 Å². The highest BCUT2D eigenvalue weighted by Crippen LogP contribution is 2.16. The maximum absolute atomic E-state index is 13.0. The largest absolute Gasteiger partial charge is 0.480 e. The molecule has 4 nitrogen and oxygen atoms in total. The topological polar surface area (TPSA) is 66.4 Å². The van der Waals surface area contributed by atoms with Crippen molar-refractivity contribution in [3.8, 4) is 0 Å². The number of carbonyl (C=O) groups excluding carboxylic acids is 1. The molecule has 0 aliphatic carbocycles. The fourth-order valence-corrected chi connectivity index (χ4v) is 2.02. The smallest absolute Gasteiger partial charge is 0.326 e. The van der Waals surface area contributed by atoms with Gasteiger partial charge in [-0.3, -0.25) is 4.79 Å². The van der Waals surface area contributed by atoms with Crippen molar-refractivity contribution < 1.29 is 19.1 Å². The molecule has 0 aliphatic rings. The standard InChI is InChI=1S/C12H13ClFNO3S/c1-19-5-4-10(12(17)18)15-11(16)7-2-3-9(14)8(13)6-7/h2-3,6,10H,4-5H2,1H3,(H,15,16)(H,17,18)/t10-/m1/s1. The normalized spacial score (nSPS) is 11.9. The molecule has 1 aromatic carbocycles. The molecule has 0 spiro atoms. The first-order valence-corrected chi connectivity index (χ1v) is 7.20. The van der Waals surface area contributed by atoms with Crippen LogP contribution in [0.4, 0.5) is 4.39 Å². The fourth-order valence-electron chi connectivity index (χ4n) is 1.37. The highest BCUT2D eigenvalue weighted by molar-refractivity contribution is 7.98. The van der Waals surface area contributed by atoms with E-state index in [2.05, 4.69) is 5.32 Å². The highest BCUT2D eigenvalue weighted by atomic mass is 35.5. The van der Waals surface area contributed by atoms with Crippen molar-refractivity contribution in [1.29, 1.82) is 0 Å². The lowest BCUT2D eigenvalue weighted by molar-refractivity contribution is -0.139. The molecule has 1 amide bonds. The van der Waals surface area contributed by atoms with Gasteiger partial charge in [-0.15, -0.1) is 0 Å². The number of carboxylic acids is 1. The summed E-state index contributed by atoms with van der Waals surface area (Å²) < 4.78 is 13.0. The Morgan fingerprint density at radius 2 is 2.21 bits per heavy atom. The number of carboxylic acid groups (broad SMARTS) is 1. The summed E-state index contributed by atoms with van der Waals surface area (Å²) in [5.74, 6) is -1.71. The SMILES string of the molecule is CSCC[C@@H](NC(=O)c1ccc(F)c(Cl)c1)C(=O)O. The predicted octanol–water partition coefficient (Wildman–Crippen LogP) is 2.42. The Hall–Kier alpha value is -1.27. The van der Waals surface area contributed by atoms with Crippen molar-refractivity contribution in [2.75, 3.05) is 12.0 Å². The Kier molecular flexibility index (Phi) is 6.11. The van der Waals surface area contributed by atoms with Crippen molar-refractivity contribution in [2.45, 2.75) is 12.5 Å². The number of amides is 1. The molecule has 0 fully saturated rings. The molecule has 1 atom stereocenters. The summed E-state index contributed by atoms with van der Waals surface area (Å²) in [4.78, 5) is 22.8. The van der Waals surface area contributed by atoms with Gasteiger partial charge in [0.15, 0.2) is 0 Å². The zero-order chi connectivity index (χ0) is 14.4. The Balaban J connectivity index is 2.75. The third-order valence-corrected chi connectivity index (χ3v) is 3.33. The zero-order valence-electron chi connectivity index (χ0n) is 10.2. The van der Waals surface area contributed by atoms with E-state index in [4.69, 9.17) is 16.7 Å². The molecular formula is C12H13ClFNO3S. The summed E-state index contributed by atoms with van der Waals surface area (Å²) in [7, 11) is 0. The van der Waals surface area contributed by atoms with Crippen LogP contribution in [-0.2, 0) is 4.79 Å². The Morgan fingerprint density at radius 1 is 1.53 bits per heavy atom. The van der Waals surface area contributed by atoms with E-state index in [0.29, 0.717) is 12.2 Å². The summed E-state index contributed by atoms with van der Waals surface area (Å²) >= 11 is 7.06. The molecule has 1 rings (SSSR count). The van der Waals surface area contributed by atoms with Crippen LogP contribution in [0.1, 0.15) is 16.8 Å². The van der Waals surface area contributed by atoms with Crippen molar-refractivity contribution in [1.82, 2.24) is 5.32 Å². The predicted molar refractivity (Wildman–Crippen MR) is 73.3 cm³/mol. The van der Waals surface area contributed by atoms with E-state index in [1.807, 2.05) is 6.26 Å². The number of halogens is 2. The number of thioether (sulfide) groups is 1. The van der Waals surface area contributed by atoms with Gasteiger partial charge in [0, 0.05) is 5.56 Å². The lowest BCUT2D eigenvalue weighted by atomic mass is 10.1. The molecule has 0 saturated carbocycles. The number of aliphatic carboxylic acids is 1. The molecule has 0 saturated heterocycles. The average Bonchev–Trinajstić information content (AvgIpc) is 2.37. The van der Waals surface area contributed by atoms with E-state index in [0.717, 1.165) is 6.07 Å². The maximum atomic E-state index is 13.0. The molecule has 0 heterocycles. The maximum Gasteiger partial charge on any atom is 0.326 e. The van der Waals surface area contributed by atoms with Crippen LogP contribution in [-0.4, -0.2) is 35.0 Å². The Bertz CT molecular complexity index is 484. The van der Waals surface area contributed by atoms with Gasteiger partial charge < -0.3 is 10.4 Å². The molecule has 7 heteroatoms. The molecule has 104 valence electrons. The number of rotatable bonds is 6. The van der Waals surface area contributed by atoms with Crippen molar-refractivity contribution in [3.63, 3.8) is 0 Å². The summed E-state index contributed by atoms with van der Waals surface area (Å²) in [5, 5.41) is 11.2. The molecule has 0 bridgehead atoms. The van der Waals surface area contributed by atoms with Crippen LogP contribution < -0.4 is 5.32 Å². The van der Waals surface area contributed by atoms with Crippen LogP contribution in [0, 0.1) is 5.82 Å². The molecule has 1 aromatic rings. The third-order valence-electron chi connectivity index (χ3n) is 2.40. The lowest BCUT2D eigenvalue weighted by Gasteiger charge is -2.14. The van der Waals surface area contributed by atoms with E-state index < -0.39 is 23.7 Å². The first kappa shape index (κ1) is 15.8. The molecule has 19 heavy (non-hydrogen) atoms. The van der Waals surface area contributed by atoms with E-state index >= 15 is 0 Å². The van der Waals surface area contributed by atoms with Crippen molar-refractivity contribution >= 4 is 35.2 Å². The van der Waals surface area contributed by atoms with Gasteiger partial charge in [0.25, 0.3) is 5.91 Å². The Morgan fingerprint density at radius 3 is 2.74 bits per heavy atom. The summed E-state index contributed by atoms with van der Waals surface area (Å²) in [6.07, 6.45) is 2.16. The van der Waals surface area contributed by atoms with E-state index in [1.165, 1.54) is 23.9 Å².